The number of aromatic nitrogens is 3. The molecule has 0 aliphatic rings. The largest absolute Gasteiger partial charge is 0.497 e. The molecule has 0 amide bonds. The van der Waals surface area contributed by atoms with Gasteiger partial charge in [0.25, 0.3) is 0 Å². The second-order valence-electron chi connectivity index (χ2n) is 4.75. The normalized spacial score (nSPS) is 10.7. The minimum Gasteiger partial charge on any atom is -0.497 e. The maximum absolute atomic E-state index is 11.1. The van der Waals surface area contributed by atoms with Crippen LogP contribution in [0.5, 0.6) is 5.75 Å². The predicted octanol–water partition coefficient (Wildman–Crippen LogP) is 2.42. The molecule has 0 aliphatic heterocycles. The van der Waals surface area contributed by atoms with Crippen molar-refractivity contribution in [3.8, 4) is 17.0 Å². The minimum atomic E-state index is 0.355. The van der Waals surface area contributed by atoms with Crippen molar-refractivity contribution >= 4 is 6.29 Å². The lowest BCUT2D eigenvalue weighted by Crippen LogP contribution is -2.08. The van der Waals surface area contributed by atoms with Gasteiger partial charge in [0.1, 0.15) is 5.75 Å². The van der Waals surface area contributed by atoms with E-state index in [0.717, 1.165) is 23.3 Å². The Bertz CT molecular complexity index is 576. The van der Waals surface area contributed by atoms with Crippen molar-refractivity contribution in [3.63, 3.8) is 0 Å². The summed E-state index contributed by atoms with van der Waals surface area (Å²) in [6.07, 6.45) is 0.735. The average Bonchev–Trinajstić information content (AvgIpc) is 2.80. The molecule has 1 aromatic carbocycles. The van der Waals surface area contributed by atoms with Crippen molar-refractivity contribution in [3.05, 3.63) is 30.0 Å². The van der Waals surface area contributed by atoms with Crippen LogP contribution in [0.1, 0.15) is 24.3 Å². The average molecular weight is 259 g/mol. The maximum atomic E-state index is 11.1. The highest BCUT2D eigenvalue weighted by atomic mass is 16.5. The van der Waals surface area contributed by atoms with Crippen molar-refractivity contribution in [2.75, 3.05) is 7.11 Å². The van der Waals surface area contributed by atoms with Gasteiger partial charge in [0.2, 0.25) is 0 Å². The molecule has 0 radical (unpaired) electrons. The molecule has 5 nitrogen and oxygen atoms in total. The van der Waals surface area contributed by atoms with Gasteiger partial charge in [-0.2, -0.15) is 0 Å². The monoisotopic (exact) mass is 259 g/mol. The van der Waals surface area contributed by atoms with Gasteiger partial charge in [0.15, 0.2) is 12.0 Å². The van der Waals surface area contributed by atoms with Gasteiger partial charge in [0.05, 0.1) is 12.8 Å². The zero-order valence-electron chi connectivity index (χ0n) is 11.3. The van der Waals surface area contributed by atoms with Crippen LogP contribution in [0.25, 0.3) is 11.3 Å². The number of nitrogens with zero attached hydrogens (tertiary/aromatic N) is 3. The first-order valence-corrected chi connectivity index (χ1v) is 6.18. The van der Waals surface area contributed by atoms with Crippen LogP contribution in [0, 0.1) is 5.92 Å². The fourth-order valence-electron chi connectivity index (χ4n) is 1.95. The quantitative estimate of drug-likeness (QED) is 0.774. The van der Waals surface area contributed by atoms with Crippen LogP contribution in [0.15, 0.2) is 24.3 Å². The number of rotatable bonds is 5. The van der Waals surface area contributed by atoms with Crippen LogP contribution in [0.3, 0.4) is 0 Å². The fourth-order valence-corrected chi connectivity index (χ4v) is 1.95. The molecule has 0 bridgehead atoms. The Morgan fingerprint density at radius 2 is 2.21 bits per heavy atom. The second kappa shape index (κ2) is 5.65. The number of carbonyl (C=O) groups is 1. The Balaban J connectivity index is 2.51. The molecule has 2 rings (SSSR count). The maximum Gasteiger partial charge on any atom is 0.172 e. The third kappa shape index (κ3) is 2.81. The van der Waals surface area contributed by atoms with Gasteiger partial charge in [0, 0.05) is 12.1 Å². The number of methoxy groups -OCH3 is 1. The molecule has 2 aromatic rings. The van der Waals surface area contributed by atoms with Gasteiger partial charge in [-0.1, -0.05) is 31.2 Å². The summed E-state index contributed by atoms with van der Waals surface area (Å²) in [5.41, 5.74) is 1.98. The molecule has 1 heterocycles. The first-order valence-electron chi connectivity index (χ1n) is 6.18. The van der Waals surface area contributed by atoms with Gasteiger partial charge in [-0.25, -0.2) is 4.68 Å². The summed E-state index contributed by atoms with van der Waals surface area (Å²) in [5, 5.41) is 7.98. The van der Waals surface area contributed by atoms with E-state index in [1.165, 1.54) is 0 Å². The van der Waals surface area contributed by atoms with Crippen molar-refractivity contribution in [2.24, 2.45) is 5.92 Å². The topological polar surface area (TPSA) is 57.0 Å². The zero-order valence-corrected chi connectivity index (χ0v) is 11.3. The smallest absolute Gasteiger partial charge is 0.172 e. The number of benzene rings is 1. The summed E-state index contributed by atoms with van der Waals surface area (Å²) in [6, 6.07) is 7.55. The van der Waals surface area contributed by atoms with E-state index in [4.69, 9.17) is 4.74 Å². The summed E-state index contributed by atoms with van der Waals surface area (Å²) in [6.45, 7) is 4.91. The van der Waals surface area contributed by atoms with E-state index in [2.05, 4.69) is 24.2 Å². The van der Waals surface area contributed by atoms with Gasteiger partial charge >= 0.3 is 0 Å². The van der Waals surface area contributed by atoms with Crippen molar-refractivity contribution < 1.29 is 9.53 Å². The number of aldehydes is 1. The highest BCUT2D eigenvalue weighted by molar-refractivity contribution is 5.83. The Morgan fingerprint density at radius 3 is 2.84 bits per heavy atom. The Morgan fingerprint density at radius 1 is 1.42 bits per heavy atom. The van der Waals surface area contributed by atoms with Crippen LogP contribution in [-0.4, -0.2) is 28.4 Å². The molecular formula is C14H17N3O2. The third-order valence-corrected chi connectivity index (χ3v) is 2.75. The number of hydrogen-bond acceptors (Lipinski definition) is 4. The minimum absolute atomic E-state index is 0.355. The summed E-state index contributed by atoms with van der Waals surface area (Å²) in [5.74, 6) is 1.16. The van der Waals surface area contributed by atoms with E-state index in [1.54, 1.807) is 11.8 Å². The summed E-state index contributed by atoms with van der Waals surface area (Å²) >= 11 is 0. The molecule has 100 valence electrons. The highest BCUT2D eigenvalue weighted by Gasteiger charge is 2.15. The molecule has 5 heteroatoms. The summed E-state index contributed by atoms with van der Waals surface area (Å²) in [7, 11) is 1.61. The zero-order chi connectivity index (χ0) is 13.8. The third-order valence-electron chi connectivity index (χ3n) is 2.75. The molecule has 0 aliphatic carbocycles. The van der Waals surface area contributed by atoms with E-state index in [9.17, 15) is 4.79 Å². The fraction of sp³-hybridized carbons (Fsp3) is 0.357. The summed E-state index contributed by atoms with van der Waals surface area (Å²) in [4.78, 5) is 11.1. The Hall–Kier alpha value is -2.17. The molecule has 0 unspecified atom stereocenters. The molecule has 0 fully saturated rings. The van der Waals surface area contributed by atoms with Crippen LogP contribution >= 0.6 is 0 Å². The standard InChI is InChI=1S/C14H17N3O2/c1-10(2)8-17-14(13(9-18)15-16-17)11-5-4-6-12(7-11)19-3/h4-7,9-10H,8H2,1-3H3. The molecule has 0 spiro atoms. The molecular weight excluding hydrogens is 242 g/mol. The molecule has 0 saturated carbocycles. The van der Waals surface area contributed by atoms with Crippen LogP contribution in [-0.2, 0) is 6.54 Å². The van der Waals surface area contributed by atoms with Crippen molar-refractivity contribution in [1.82, 2.24) is 15.0 Å². The number of carbonyl (C=O) groups excluding carboxylic acids is 1. The van der Waals surface area contributed by atoms with Crippen LogP contribution in [0.4, 0.5) is 0 Å². The van der Waals surface area contributed by atoms with E-state index >= 15 is 0 Å². The SMILES string of the molecule is COc1cccc(-c2c(C=O)nnn2CC(C)C)c1. The van der Waals surface area contributed by atoms with Gasteiger partial charge in [-0.15, -0.1) is 5.10 Å². The molecule has 19 heavy (non-hydrogen) atoms. The lowest BCUT2D eigenvalue weighted by molar-refractivity contribution is 0.111. The second-order valence-corrected chi connectivity index (χ2v) is 4.75. The van der Waals surface area contributed by atoms with Crippen LogP contribution in [0.2, 0.25) is 0 Å². The lowest BCUT2D eigenvalue weighted by atomic mass is 10.1. The Kier molecular flexibility index (Phi) is 3.94. The summed E-state index contributed by atoms with van der Waals surface area (Å²) < 4.78 is 6.98. The van der Waals surface area contributed by atoms with E-state index in [0.29, 0.717) is 18.2 Å². The van der Waals surface area contributed by atoms with Gasteiger partial charge in [-0.05, 0) is 18.1 Å². The first kappa shape index (κ1) is 13.3. The number of ether oxygens (including phenoxy) is 1. The van der Waals surface area contributed by atoms with Crippen LogP contribution < -0.4 is 4.74 Å². The van der Waals surface area contributed by atoms with E-state index < -0.39 is 0 Å². The lowest BCUT2D eigenvalue weighted by Gasteiger charge is -2.10. The Labute approximate surface area is 112 Å². The van der Waals surface area contributed by atoms with Crippen molar-refractivity contribution in [2.45, 2.75) is 20.4 Å². The van der Waals surface area contributed by atoms with Gasteiger partial charge < -0.3 is 4.74 Å². The number of hydrogen-bond donors (Lipinski definition) is 0. The first-order chi connectivity index (χ1) is 9.15. The molecule has 0 saturated heterocycles. The highest BCUT2D eigenvalue weighted by Crippen LogP contribution is 2.25. The van der Waals surface area contributed by atoms with E-state index in [1.807, 2.05) is 24.3 Å². The predicted molar refractivity (Wildman–Crippen MR) is 72.2 cm³/mol. The van der Waals surface area contributed by atoms with E-state index in [-0.39, 0.29) is 0 Å². The molecule has 1 aromatic heterocycles. The van der Waals surface area contributed by atoms with Gasteiger partial charge in [-0.3, -0.25) is 4.79 Å². The molecule has 0 N–H and O–H groups in total. The van der Waals surface area contributed by atoms with Crippen molar-refractivity contribution in [1.29, 1.82) is 0 Å². The molecule has 0 atom stereocenters.